The van der Waals surface area contributed by atoms with Crippen LogP contribution in [0.25, 0.3) is 0 Å². The molecule has 0 saturated heterocycles. The van der Waals surface area contributed by atoms with Gasteiger partial charge in [0, 0.05) is 30.1 Å². The molecule has 0 aliphatic rings. The van der Waals surface area contributed by atoms with E-state index in [2.05, 4.69) is 143 Å². The standard InChI is InChI=1S/C12H17N.C10H15.C9H27Si4.Ta.H/c1-8(2)10-6-5-7-11(9(3)4)12(10)13;1-6-7(2)9(4)10(5)8(6)3;1-11(2,3)10(12(4,5)6)13(7,8)9;;/h5-9H,1-4H3;1-5H3;1-9H3;;/q;-1;;;. The molecule has 37 heavy (non-hydrogen) atoms. The van der Waals surface area contributed by atoms with Crippen molar-refractivity contribution in [2.75, 3.05) is 0 Å². The van der Waals surface area contributed by atoms with E-state index in [-0.39, 0.29) is 7.35 Å². The molecule has 0 spiro atoms. The van der Waals surface area contributed by atoms with Gasteiger partial charge in [0.2, 0.25) is 0 Å². The van der Waals surface area contributed by atoms with Gasteiger partial charge in [0.05, 0.1) is 0 Å². The molecule has 1 nitrogen and oxygen atoms in total. The average molecular weight is 740 g/mol. The molecule has 2 aromatic carbocycles. The largest absolute Gasteiger partial charge is 0.196 e. The average Bonchev–Trinajstić information content (AvgIpc) is 2.88. The summed E-state index contributed by atoms with van der Waals surface area (Å²) in [5, 5.41) is 0. The second kappa shape index (κ2) is 14.6. The Hall–Kier alpha value is -0.0222. The first-order valence-corrected chi connectivity index (χ1v) is 30.7. The summed E-state index contributed by atoms with van der Waals surface area (Å²) in [6.07, 6.45) is 0. The van der Waals surface area contributed by atoms with Crippen LogP contribution in [0.5, 0.6) is 0 Å². The molecule has 0 unspecified atom stereocenters. The third-order valence-electron chi connectivity index (χ3n) is 7.52. The van der Waals surface area contributed by atoms with Crippen LogP contribution in [0.1, 0.15) is 78.5 Å². The van der Waals surface area contributed by atoms with Crippen LogP contribution in [0.2, 0.25) is 58.9 Å². The Labute approximate surface area is 248 Å². The molecule has 1 radical (unpaired) electrons. The third kappa shape index (κ3) is 10.8. The zero-order valence-corrected chi connectivity index (χ0v) is 35.4. The van der Waals surface area contributed by atoms with E-state index in [0.717, 1.165) is 20.9 Å². The van der Waals surface area contributed by atoms with Gasteiger partial charge in [-0.25, -0.2) is 0 Å². The fourth-order valence-electron chi connectivity index (χ4n) is 6.42. The Kier molecular flexibility index (Phi) is 14.6. The summed E-state index contributed by atoms with van der Waals surface area (Å²) in [7, 11) is -2.47. The smallest absolute Gasteiger partial charge is 0.0306 e. The van der Waals surface area contributed by atoms with Crippen molar-refractivity contribution in [3.63, 3.8) is 0 Å². The van der Waals surface area contributed by atoms with Crippen LogP contribution in [0.4, 0.5) is 5.69 Å². The van der Waals surface area contributed by atoms with Crippen molar-refractivity contribution in [2.24, 2.45) is 3.34 Å². The predicted molar refractivity (Wildman–Crippen MR) is 180 cm³/mol. The Morgan fingerprint density at radius 1 is 0.676 bits per heavy atom. The van der Waals surface area contributed by atoms with E-state index < -0.39 is 22.8 Å². The first-order valence-electron chi connectivity index (χ1n) is 14.1. The normalized spacial score (nSPS) is 12.4. The number of rotatable bonds is 6. The van der Waals surface area contributed by atoms with Gasteiger partial charge in [-0.2, -0.15) is 27.8 Å². The molecule has 0 N–H and O–H groups in total. The van der Waals surface area contributed by atoms with Gasteiger partial charge in [-0.3, -0.25) is 0 Å². The molecular formula is C31H60NSi4Ta-. The van der Waals surface area contributed by atoms with Gasteiger partial charge in [-0.1, -0.05) is 93.5 Å². The fourth-order valence-corrected chi connectivity index (χ4v) is 95.1. The van der Waals surface area contributed by atoms with Crippen LogP contribution >= 0.6 is 0 Å². The first-order chi connectivity index (χ1) is 16.5. The van der Waals surface area contributed by atoms with Crippen LogP contribution in [0.3, 0.4) is 0 Å². The summed E-state index contributed by atoms with van der Waals surface area (Å²) in [5.74, 6) is 1.14. The molecular weight excluding hydrogens is 680 g/mol. The molecule has 0 aliphatic heterocycles. The maximum atomic E-state index is 4.55. The number of hydrogen-bond acceptors (Lipinski definition) is 1. The molecule has 0 fully saturated rings. The quantitative estimate of drug-likeness (QED) is 0.207. The van der Waals surface area contributed by atoms with Gasteiger partial charge in [-0.15, -0.1) is 0 Å². The summed E-state index contributed by atoms with van der Waals surface area (Å²) in [6, 6.07) is 6.56. The second-order valence-corrected chi connectivity index (χ2v) is 52.0. The van der Waals surface area contributed by atoms with Crippen LogP contribution in [0.15, 0.2) is 21.5 Å². The minimum Gasteiger partial charge on any atom is -0.196 e. The van der Waals surface area contributed by atoms with Crippen LogP contribution in [-0.2, 0) is 20.9 Å². The molecule has 2 rings (SSSR count). The number of benzene rings is 1. The summed E-state index contributed by atoms with van der Waals surface area (Å²) in [5.41, 5.74) is 11.4. The van der Waals surface area contributed by atoms with E-state index in [1.54, 1.807) is 0 Å². The van der Waals surface area contributed by atoms with Gasteiger partial charge in [0.1, 0.15) is 0 Å². The third-order valence-corrected chi connectivity index (χ3v) is 66.8. The maximum Gasteiger partial charge on any atom is 0.0306 e. The van der Waals surface area contributed by atoms with Crippen molar-refractivity contribution < 1.29 is 20.9 Å². The number of hydrogen-bond donors (Lipinski definition) is 0. The van der Waals surface area contributed by atoms with Crippen molar-refractivity contribution >= 4 is 35.8 Å². The molecule has 211 valence electrons. The molecule has 2 aromatic rings. The SMILES string of the molecule is CC(C)c1cccc(C(C)C)c1[N]=[TaH].C[Si](C)(C)[Si]([Si](C)(C)C)[Si](C)(C)C.Cc1c(C)c(C)[c-](C)c1C. The number of nitrogens with zero attached hydrogens (tertiary/aromatic N) is 1. The van der Waals surface area contributed by atoms with E-state index in [4.69, 9.17) is 0 Å². The van der Waals surface area contributed by atoms with Crippen LogP contribution in [-0.4, -0.2) is 30.1 Å². The molecule has 6 heteroatoms. The summed E-state index contributed by atoms with van der Waals surface area (Å²) < 4.78 is 4.55. The summed E-state index contributed by atoms with van der Waals surface area (Å²) in [6.45, 7) is 43.4. The first kappa shape index (κ1) is 37.0. The van der Waals surface area contributed by atoms with Crippen molar-refractivity contribution in [1.82, 2.24) is 0 Å². The maximum absolute atomic E-state index is 4.55. The molecule has 0 amide bonds. The summed E-state index contributed by atoms with van der Waals surface area (Å²) >= 11 is 0.890. The summed E-state index contributed by atoms with van der Waals surface area (Å²) in [4.78, 5) is 0. The molecule has 0 saturated carbocycles. The fraction of sp³-hybridized carbons (Fsp3) is 0.645. The Morgan fingerprint density at radius 3 is 1.11 bits per heavy atom. The van der Waals surface area contributed by atoms with E-state index in [9.17, 15) is 0 Å². The monoisotopic (exact) mass is 739 g/mol. The minimum absolute atomic E-state index is 0.0255. The van der Waals surface area contributed by atoms with E-state index in [0.29, 0.717) is 11.8 Å². The van der Waals surface area contributed by atoms with E-state index >= 15 is 0 Å². The van der Waals surface area contributed by atoms with Gasteiger partial charge < -0.3 is 0 Å². The Balaban J connectivity index is 0.000000532. The van der Waals surface area contributed by atoms with Crippen molar-refractivity contribution in [2.45, 2.75) is 133 Å². The topological polar surface area (TPSA) is 12.4 Å². The minimum atomic E-state index is -0.832. The van der Waals surface area contributed by atoms with Crippen molar-refractivity contribution in [3.05, 3.63) is 57.1 Å². The molecule has 0 bridgehead atoms. The van der Waals surface area contributed by atoms with Gasteiger partial charge in [-0.05, 0) is 0 Å². The second-order valence-electron chi connectivity index (χ2n) is 14.5. The number of para-hydroxylation sites is 1. The van der Waals surface area contributed by atoms with Crippen molar-refractivity contribution in [3.8, 4) is 0 Å². The Bertz CT molecular complexity index is 876. The van der Waals surface area contributed by atoms with Crippen molar-refractivity contribution in [1.29, 1.82) is 0 Å². The molecule has 0 aliphatic carbocycles. The Morgan fingerprint density at radius 2 is 0.973 bits per heavy atom. The van der Waals surface area contributed by atoms with E-state index in [1.165, 1.54) is 44.6 Å². The molecule has 0 heterocycles. The molecule has 0 atom stereocenters. The predicted octanol–water partition coefficient (Wildman–Crippen LogP) is 10.7. The van der Waals surface area contributed by atoms with Gasteiger partial charge in [0.25, 0.3) is 0 Å². The van der Waals surface area contributed by atoms with Gasteiger partial charge in [0.15, 0.2) is 0 Å². The zero-order chi connectivity index (χ0) is 29.7. The molecule has 0 aromatic heterocycles. The van der Waals surface area contributed by atoms with Crippen LogP contribution in [0, 0.1) is 34.6 Å². The zero-order valence-electron chi connectivity index (χ0n) is 27.8. The van der Waals surface area contributed by atoms with Crippen LogP contribution < -0.4 is 0 Å². The van der Waals surface area contributed by atoms with Gasteiger partial charge >= 0.3 is 98.8 Å². The van der Waals surface area contributed by atoms with E-state index in [1.807, 2.05) is 0 Å².